The molecule has 0 aromatic carbocycles. The van der Waals surface area contributed by atoms with Crippen molar-refractivity contribution in [3.05, 3.63) is 0 Å². The molecule has 8 nitrogen and oxygen atoms in total. The predicted molar refractivity (Wildman–Crippen MR) is 29.6 cm³/mol. The van der Waals surface area contributed by atoms with Crippen molar-refractivity contribution in [1.82, 2.24) is 0 Å². The van der Waals surface area contributed by atoms with Crippen LogP contribution in [0.5, 0.6) is 0 Å². The maximum atomic E-state index is 8.88. The Kier molecular flexibility index (Phi) is 13.2. The molecule has 11 heavy (non-hydrogen) atoms. The minimum Gasteiger partial charge on any atom is -1.00 e. The molecule has 0 aliphatic heterocycles. The average Bonchev–Trinajstić information content (AvgIpc) is 1.12. The van der Waals surface area contributed by atoms with E-state index >= 15 is 0 Å². The van der Waals surface area contributed by atoms with E-state index in [4.69, 9.17) is 38.5 Å². The van der Waals surface area contributed by atoms with Gasteiger partial charge in [-0.25, -0.2) is 9.13 Å². The second-order valence-electron chi connectivity index (χ2n) is 1.03. The quantitative estimate of drug-likeness (QED) is 0.242. The van der Waals surface area contributed by atoms with E-state index in [0.29, 0.717) is 0 Å². The molecule has 0 rings (SSSR count). The number of rotatable bonds is 0. The van der Waals surface area contributed by atoms with E-state index in [1.165, 1.54) is 0 Å². The zero-order valence-electron chi connectivity index (χ0n) is 6.39. The maximum Gasteiger partial charge on any atom is 1.00 e. The molecule has 0 saturated heterocycles. The molecular weight excluding hydrogens is 323 g/mol. The van der Waals surface area contributed by atoms with E-state index in [9.17, 15) is 0 Å². The summed E-state index contributed by atoms with van der Waals surface area (Å²) in [4.78, 5) is 43.1. The number of phosphoric acid groups is 2. The van der Waals surface area contributed by atoms with Gasteiger partial charge in [0.15, 0.2) is 0 Å². The molecule has 0 radical (unpaired) electrons. The van der Waals surface area contributed by atoms with Crippen LogP contribution in [-0.2, 0) is 9.13 Å². The Balaban J connectivity index is -0.0000000457. The molecule has 0 aliphatic carbocycles. The van der Waals surface area contributed by atoms with Crippen LogP contribution in [0.4, 0.5) is 0 Å². The van der Waals surface area contributed by atoms with Gasteiger partial charge >= 0.3 is 84.5 Å². The van der Waals surface area contributed by atoms with Gasteiger partial charge in [0.25, 0.3) is 0 Å². The summed E-state index contributed by atoms with van der Waals surface area (Å²) in [6.45, 7) is 0. The van der Waals surface area contributed by atoms with Gasteiger partial charge in [-0.3, -0.25) is 0 Å². The third-order valence-corrected chi connectivity index (χ3v) is 0. The normalized spacial score (nSPS) is 10.7. The van der Waals surface area contributed by atoms with Gasteiger partial charge in [0, 0.05) is 0 Å². The Morgan fingerprint density at radius 1 is 0.727 bits per heavy atom. The van der Waals surface area contributed by atoms with Crippen molar-refractivity contribution >= 4 is 15.6 Å². The molecule has 0 aliphatic rings. The van der Waals surface area contributed by atoms with Crippen LogP contribution in [0.15, 0.2) is 0 Å². The van der Waals surface area contributed by atoms with Gasteiger partial charge in [-0.2, -0.15) is 0 Å². The zero-order valence-corrected chi connectivity index (χ0v) is 13.5. The van der Waals surface area contributed by atoms with Crippen LogP contribution in [0.1, 0.15) is 1.43 Å². The Labute approximate surface area is 122 Å². The van der Waals surface area contributed by atoms with Crippen LogP contribution in [0.25, 0.3) is 0 Å². The van der Waals surface area contributed by atoms with Gasteiger partial charge in [0.05, 0.1) is 0 Å². The molecule has 0 bridgehead atoms. The SMILES string of the molecule is O=P(O)(O)O.O=P(O)(O)O.[Cs+].[H-]. The van der Waals surface area contributed by atoms with Crippen LogP contribution in [0.3, 0.4) is 0 Å². The van der Waals surface area contributed by atoms with Crippen LogP contribution in [0, 0.1) is 0 Å². The first-order valence-corrected chi connectivity index (χ1v) is 4.70. The van der Waals surface area contributed by atoms with E-state index in [1.807, 2.05) is 0 Å². The Bertz CT molecular complexity index is 129. The Morgan fingerprint density at radius 3 is 0.727 bits per heavy atom. The number of hydrogen-bond donors (Lipinski definition) is 6. The molecule has 0 saturated carbocycles. The van der Waals surface area contributed by atoms with Crippen molar-refractivity contribution in [1.29, 1.82) is 0 Å². The minimum atomic E-state index is -4.64. The molecule has 0 spiro atoms. The zero-order chi connectivity index (χ0) is 9.00. The molecule has 66 valence electrons. The summed E-state index contributed by atoms with van der Waals surface area (Å²) in [6, 6.07) is 0. The topological polar surface area (TPSA) is 156 Å². The molecule has 0 atom stereocenters. The van der Waals surface area contributed by atoms with E-state index in [1.54, 1.807) is 0 Å². The van der Waals surface area contributed by atoms with Crippen molar-refractivity contribution < 1.29 is 109 Å². The summed E-state index contributed by atoms with van der Waals surface area (Å²) >= 11 is 0. The van der Waals surface area contributed by atoms with Gasteiger partial charge in [0.1, 0.15) is 0 Å². The molecular formula is H7CsO8P2. The minimum absolute atomic E-state index is 0. The van der Waals surface area contributed by atoms with E-state index in [2.05, 4.69) is 0 Å². The van der Waals surface area contributed by atoms with Crippen molar-refractivity contribution in [2.45, 2.75) is 0 Å². The summed E-state index contributed by atoms with van der Waals surface area (Å²) in [5, 5.41) is 0. The van der Waals surface area contributed by atoms with Gasteiger partial charge in [-0.15, -0.1) is 0 Å². The molecule has 0 unspecified atom stereocenters. The van der Waals surface area contributed by atoms with Crippen LogP contribution in [-0.4, -0.2) is 29.4 Å². The molecule has 0 amide bonds. The molecule has 0 fully saturated rings. The summed E-state index contributed by atoms with van der Waals surface area (Å²) in [7, 11) is -9.28. The summed E-state index contributed by atoms with van der Waals surface area (Å²) < 4.78 is 17.8. The largest absolute Gasteiger partial charge is 1.00 e. The maximum absolute atomic E-state index is 8.88. The first-order valence-electron chi connectivity index (χ1n) is 1.57. The summed E-state index contributed by atoms with van der Waals surface area (Å²) in [6.07, 6.45) is 0. The second kappa shape index (κ2) is 7.65. The second-order valence-corrected chi connectivity index (χ2v) is 3.08. The van der Waals surface area contributed by atoms with Crippen molar-refractivity contribution in [2.24, 2.45) is 0 Å². The first-order chi connectivity index (χ1) is 4.00. The van der Waals surface area contributed by atoms with E-state index < -0.39 is 15.6 Å². The Hall–Kier alpha value is 2.27. The van der Waals surface area contributed by atoms with Crippen LogP contribution in [0.2, 0.25) is 0 Å². The van der Waals surface area contributed by atoms with Crippen molar-refractivity contribution in [3.8, 4) is 0 Å². The third-order valence-electron chi connectivity index (χ3n) is 0. The molecule has 6 N–H and O–H groups in total. The fraction of sp³-hybridized carbons (Fsp3) is 0. The Morgan fingerprint density at radius 2 is 0.727 bits per heavy atom. The smallest absolute Gasteiger partial charge is 1.00 e. The van der Waals surface area contributed by atoms with E-state index in [-0.39, 0.29) is 70.3 Å². The van der Waals surface area contributed by atoms with Gasteiger partial charge in [-0.05, 0) is 0 Å². The third kappa shape index (κ3) is 251. The summed E-state index contributed by atoms with van der Waals surface area (Å²) in [5.74, 6) is 0. The van der Waals surface area contributed by atoms with Crippen LogP contribution >= 0.6 is 15.6 Å². The van der Waals surface area contributed by atoms with Crippen molar-refractivity contribution in [2.75, 3.05) is 0 Å². The monoisotopic (exact) mass is 330 g/mol. The molecule has 0 heterocycles. The standard InChI is InChI=1S/Cs.2H3O4P.H/c;2*1-5(2,3)4;/h;2*(H3,1,2,3,4);/q+1;;;-1. The average molecular weight is 330 g/mol. The van der Waals surface area contributed by atoms with Gasteiger partial charge in [-0.1, -0.05) is 0 Å². The fourth-order valence-electron chi connectivity index (χ4n) is 0. The molecule has 0 aromatic rings. The van der Waals surface area contributed by atoms with Gasteiger partial charge < -0.3 is 30.8 Å². The van der Waals surface area contributed by atoms with Gasteiger partial charge in [0.2, 0.25) is 0 Å². The first kappa shape index (κ1) is 18.9. The fourth-order valence-corrected chi connectivity index (χ4v) is 0. The summed E-state index contributed by atoms with van der Waals surface area (Å²) in [5.41, 5.74) is 0. The van der Waals surface area contributed by atoms with Crippen LogP contribution < -0.4 is 68.9 Å². The van der Waals surface area contributed by atoms with E-state index in [0.717, 1.165) is 0 Å². The molecule has 11 heteroatoms. The molecule has 0 aromatic heterocycles. The number of hydrogen-bond acceptors (Lipinski definition) is 2. The van der Waals surface area contributed by atoms with Crippen molar-refractivity contribution in [3.63, 3.8) is 0 Å². The predicted octanol–water partition coefficient (Wildman–Crippen LogP) is -4.74.